The Balaban J connectivity index is 2.70. The van der Waals surface area contributed by atoms with Crippen molar-refractivity contribution in [3.05, 3.63) is 24.2 Å². The van der Waals surface area contributed by atoms with Gasteiger partial charge in [-0.2, -0.15) is 9.61 Å². The minimum atomic E-state index is -0.144. The molecule has 2 heterocycles. The van der Waals surface area contributed by atoms with Crippen LogP contribution < -0.4 is 5.73 Å². The molecule has 0 spiro atoms. The van der Waals surface area contributed by atoms with E-state index in [2.05, 4.69) is 15.3 Å². The van der Waals surface area contributed by atoms with E-state index in [1.807, 2.05) is 19.1 Å². The molecular formula is C7H9N5. The maximum atomic E-state index is 5.66. The van der Waals surface area contributed by atoms with Crippen LogP contribution in [0.2, 0.25) is 0 Å². The van der Waals surface area contributed by atoms with Gasteiger partial charge in [-0.1, -0.05) is 0 Å². The zero-order valence-electron chi connectivity index (χ0n) is 6.68. The van der Waals surface area contributed by atoms with E-state index in [1.165, 1.54) is 0 Å². The average Bonchev–Trinajstić information content (AvgIpc) is 2.47. The highest BCUT2D eigenvalue weighted by molar-refractivity contribution is 5.34. The normalized spacial score (nSPS) is 13.5. The summed E-state index contributed by atoms with van der Waals surface area (Å²) in [4.78, 5) is 0. The number of hydrogen-bond donors (Lipinski definition) is 1. The third kappa shape index (κ3) is 0.947. The van der Waals surface area contributed by atoms with Crippen LogP contribution in [0.1, 0.15) is 18.8 Å². The highest BCUT2D eigenvalue weighted by Gasteiger charge is 2.08. The van der Waals surface area contributed by atoms with Gasteiger partial charge in [-0.3, -0.25) is 0 Å². The standard InChI is InChI=1S/C7H9N5/c1-5(8)7-11-10-6-3-2-4-9-12(6)7/h2-5H,8H2,1H3/t5-/m0/s1. The van der Waals surface area contributed by atoms with Crippen LogP contribution in [-0.4, -0.2) is 19.8 Å². The molecule has 0 aliphatic rings. The van der Waals surface area contributed by atoms with Crippen LogP contribution in [0.4, 0.5) is 0 Å². The van der Waals surface area contributed by atoms with Crippen molar-refractivity contribution >= 4 is 5.65 Å². The van der Waals surface area contributed by atoms with Gasteiger partial charge >= 0.3 is 0 Å². The van der Waals surface area contributed by atoms with Gasteiger partial charge in [0.2, 0.25) is 0 Å². The zero-order valence-corrected chi connectivity index (χ0v) is 6.68. The maximum absolute atomic E-state index is 5.66. The van der Waals surface area contributed by atoms with Gasteiger partial charge in [-0.05, 0) is 19.1 Å². The number of rotatable bonds is 1. The molecule has 0 aliphatic carbocycles. The second kappa shape index (κ2) is 2.53. The number of nitrogens with two attached hydrogens (primary N) is 1. The predicted octanol–water partition coefficient (Wildman–Crippen LogP) is 0.144. The van der Waals surface area contributed by atoms with Crippen molar-refractivity contribution in [2.24, 2.45) is 5.73 Å². The van der Waals surface area contributed by atoms with E-state index in [0.717, 1.165) is 5.65 Å². The van der Waals surface area contributed by atoms with Gasteiger partial charge in [0.15, 0.2) is 11.5 Å². The first kappa shape index (κ1) is 7.17. The molecule has 0 saturated heterocycles. The first-order chi connectivity index (χ1) is 5.79. The molecule has 1 atom stereocenters. The fraction of sp³-hybridized carbons (Fsp3) is 0.286. The lowest BCUT2D eigenvalue weighted by molar-refractivity contribution is 0.695. The largest absolute Gasteiger partial charge is 0.321 e. The summed E-state index contributed by atoms with van der Waals surface area (Å²) in [5, 5.41) is 11.9. The first-order valence-electron chi connectivity index (χ1n) is 3.71. The summed E-state index contributed by atoms with van der Waals surface area (Å²) in [6.07, 6.45) is 1.68. The van der Waals surface area contributed by atoms with Crippen LogP contribution in [-0.2, 0) is 0 Å². The first-order valence-corrected chi connectivity index (χ1v) is 3.71. The SMILES string of the molecule is C[C@H](N)c1nnc2cccnn12. The summed E-state index contributed by atoms with van der Waals surface area (Å²) in [5.41, 5.74) is 6.39. The number of hydrogen-bond acceptors (Lipinski definition) is 4. The van der Waals surface area contributed by atoms with Crippen molar-refractivity contribution in [2.75, 3.05) is 0 Å². The number of aromatic nitrogens is 4. The van der Waals surface area contributed by atoms with Crippen LogP contribution in [0.15, 0.2) is 18.3 Å². The Bertz CT molecular complexity index is 391. The summed E-state index contributed by atoms with van der Waals surface area (Å²) in [7, 11) is 0. The Hall–Kier alpha value is -1.49. The van der Waals surface area contributed by atoms with Crippen LogP contribution >= 0.6 is 0 Å². The molecule has 5 heteroatoms. The van der Waals surface area contributed by atoms with Crippen molar-refractivity contribution in [2.45, 2.75) is 13.0 Å². The summed E-state index contributed by atoms with van der Waals surface area (Å²) in [5.74, 6) is 0.686. The lowest BCUT2D eigenvalue weighted by atomic mass is 10.3. The lowest BCUT2D eigenvalue weighted by Gasteiger charge is -1.99. The molecule has 0 aromatic carbocycles. The van der Waals surface area contributed by atoms with Gasteiger partial charge in [0.1, 0.15) is 0 Å². The Kier molecular flexibility index (Phi) is 1.51. The molecule has 0 amide bonds. The van der Waals surface area contributed by atoms with Crippen LogP contribution in [0.25, 0.3) is 5.65 Å². The average molecular weight is 163 g/mol. The van der Waals surface area contributed by atoms with Crippen molar-refractivity contribution in [1.29, 1.82) is 0 Å². The molecule has 2 N–H and O–H groups in total. The van der Waals surface area contributed by atoms with Crippen molar-refractivity contribution in [1.82, 2.24) is 19.8 Å². The molecule has 0 radical (unpaired) electrons. The predicted molar refractivity (Wildman–Crippen MR) is 43.4 cm³/mol. The Labute approximate surface area is 69.2 Å². The van der Waals surface area contributed by atoms with Crippen molar-refractivity contribution in [3.63, 3.8) is 0 Å². The van der Waals surface area contributed by atoms with E-state index in [1.54, 1.807) is 10.7 Å². The minimum Gasteiger partial charge on any atom is -0.321 e. The summed E-state index contributed by atoms with van der Waals surface area (Å²) >= 11 is 0. The van der Waals surface area contributed by atoms with Crippen LogP contribution in [0, 0.1) is 0 Å². The number of fused-ring (bicyclic) bond motifs is 1. The van der Waals surface area contributed by atoms with Gasteiger partial charge in [-0.25, -0.2) is 0 Å². The highest BCUT2D eigenvalue weighted by Crippen LogP contribution is 2.06. The second-order valence-electron chi connectivity index (χ2n) is 2.64. The summed E-state index contributed by atoms with van der Waals surface area (Å²) in [6, 6.07) is 3.51. The second-order valence-corrected chi connectivity index (χ2v) is 2.64. The molecule has 0 saturated carbocycles. The minimum absolute atomic E-state index is 0.144. The molecule has 0 aliphatic heterocycles. The van der Waals surface area contributed by atoms with Gasteiger partial charge in [-0.15, -0.1) is 10.2 Å². The smallest absolute Gasteiger partial charge is 0.177 e. The lowest BCUT2D eigenvalue weighted by Crippen LogP contribution is -2.10. The molecule has 2 rings (SSSR count). The van der Waals surface area contributed by atoms with Gasteiger partial charge in [0.05, 0.1) is 6.04 Å². The topological polar surface area (TPSA) is 69.1 Å². The monoisotopic (exact) mass is 163 g/mol. The zero-order chi connectivity index (χ0) is 8.55. The van der Waals surface area contributed by atoms with Gasteiger partial charge in [0.25, 0.3) is 0 Å². The van der Waals surface area contributed by atoms with E-state index >= 15 is 0 Å². The molecule has 0 bridgehead atoms. The highest BCUT2D eigenvalue weighted by atomic mass is 15.4. The molecule has 2 aromatic heterocycles. The third-order valence-corrected chi connectivity index (χ3v) is 1.61. The molecule has 0 unspecified atom stereocenters. The molecule has 5 nitrogen and oxygen atoms in total. The van der Waals surface area contributed by atoms with Crippen LogP contribution in [0.5, 0.6) is 0 Å². The van der Waals surface area contributed by atoms with Gasteiger partial charge < -0.3 is 5.73 Å². The molecule has 2 aromatic rings. The third-order valence-electron chi connectivity index (χ3n) is 1.61. The molecule has 0 fully saturated rings. The Morgan fingerprint density at radius 1 is 1.50 bits per heavy atom. The molecule has 12 heavy (non-hydrogen) atoms. The van der Waals surface area contributed by atoms with Gasteiger partial charge in [0, 0.05) is 6.20 Å². The molecule has 62 valence electrons. The summed E-state index contributed by atoms with van der Waals surface area (Å²) < 4.78 is 1.64. The fourth-order valence-electron chi connectivity index (χ4n) is 1.04. The van der Waals surface area contributed by atoms with Crippen molar-refractivity contribution in [3.8, 4) is 0 Å². The quantitative estimate of drug-likeness (QED) is 0.649. The van der Waals surface area contributed by atoms with E-state index < -0.39 is 0 Å². The van der Waals surface area contributed by atoms with E-state index in [-0.39, 0.29) is 6.04 Å². The van der Waals surface area contributed by atoms with Crippen molar-refractivity contribution < 1.29 is 0 Å². The molecular weight excluding hydrogens is 154 g/mol. The van der Waals surface area contributed by atoms with Crippen LogP contribution in [0.3, 0.4) is 0 Å². The maximum Gasteiger partial charge on any atom is 0.177 e. The summed E-state index contributed by atoms with van der Waals surface area (Å²) in [6.45, 7) is 1.85. The Morgan fingerprint density at radius 3 is 3.08 bits per heavy atom. The van der Waals surface area contributed by atoms with E-state index in [9.17, 15) is 0 Å². The number of nitrogens with zero attached hydrogens (tertiary/aromatic N) is 4. The fourth-order valence-corrected chi connectivity index (χ4v) is 1.04. The van der Waals surface area contributed by atoms with E-state index in [0.29, 0.717) is 5.82 Å². The van der Waals surface area contributed by atoms with E-state index in [4.69, 9.17) is 5.73 Å². The Morgan fingerprint density at radius 2 is 2.33 bits per heavy atom.